The van der Waals surface area contributed by atoms with E-state index < -0.39 is 5.82 Å². The monoisotopic (exact) mass is 231 g/mol. The molecule has 1 radical (unpaired) electrons. The topological polar surface area (TPSA) is 38.7 Å². The number of para-hydroxylation sites is 1. The lowest BCUT2D eigenvalue weighted by molar-refractivity contribution is 0.426. The van der Waals surface area contributed by atoms with Crippen LogP contribution in [0.25, 0.3) is 0 Å². The van der Waals surface area contributed by atoms with Crippen LogP contribution in [0.3, 0.4) is 0 Å². The molecular weight excluding hydrogens is 222 g/mol. The zero-order chi connectivity index (χ0) is 12.1. The highest BCUT2D eigenvalue weighted by Gasteiger charge is 2.06. The van der Waals surface area contributed by atoms with Crippen LogP contribution in [0.2, 0.25) is 0 Å². The summed E-state index contributed by atoms with van der Waals surface area (Å²) in [5.41, 5.74) is 0. The molecular formula is C12H9BFO3. The van der Waals surface area contributed by atoms with Gasteiger partial charge in [-0.15, -0.1) is 0 Å². The molecule has 0 saturated carbocycles. The fourth-order valence-electron chi connectivity index (χ4n) is 1.32. The molecule has 1 N–H and O–H groups in total. The van der Waals surface area contributed by atoms with Crippen molar-refractivity contribution in [1.29, 1.82) is 0 Å². The van der Waals surface area contributed by atoms with Crippen LogP contribution < -0.4 is 9.39 Å². The van der Waals surface area contributed by atoms with Gasteiger partial charge in [0, 0.05) is 6.07 Å². The van der Waals surface area contributed by atoms with E-state index in [-0.39, 0.29) is 5.75 Å². The Balaban J connectivity index is 2.15. The number of ether oxygens (including phenoxy) is 1. The molecule has 0 fully saturated rings. The Labute approximate surface area is 98.7 Å². The Kier molecular flexibility index (Phi) is 3.62. The van der Waals surface area contributed by atoms with Crippen molar-refractivity contribution in [3.63, 3.8) is 0 Å². The van der Waals surface area contributed by atoms with Crippen LogP contribution in [0.1, 0.15) is 0 Å². The zero-order valence-corrected chi connectivity index (χ0v) is 8.84. The number of rotatable bonds is 4. The predicted octanol–water partition coefficient (Wildman–Crippen LogP) is 2.52. The average Bonchev–Trinajstić information content (AvgIpc) is 2.34. The Morgan fingerprint density at radius 3 is 2.41 bits per heavy atom. The van der Waals surface area contributed by atoms with Crippen molar-refractivity contribution in [2.45, 2.75) is 0 Å². The molecule has 0 unspecified atom stereocenters. The Bertz CT molecular complexity index is 490. The standard InChI is InChI=1S/C12H9BFO3/c14-11-8-10(6-7-12(11)17-13-15)16-9-4-2-1-3-5-9/h1-8,15H. The molecule has 0 heterocycles. The third-order valence-electron chi connectivity index (χ3n) is 2.06. The maximum atomic E-state index is 13.4. The second kappa shape index (κ2) is 5.36. The largest absolute Gasteiger partial charge is 0.569 e. The van der Waals surface area contributed by atoms with Crippen molar-refractivity contribution in [3.8, 4) is 17.2 Å². The van der Waals surface area contributed by atoms with Gasteiger partial charge in [0.1, 0.15) is 17.2 Å². The maximum Gasteiger partial charge on any atom is 0.569 e. The van der Waals surface area contributed by atoms with Crippen molar-refractivity contribution in [1.82, 2.24) is 0 Å². The third-order valence-corrected chi connectivity index (χ3v) is 2.06. The van der Waals surface area contributed by atoms with Crippen LogP contribution >= 0.6 is 0 Å². The lowest BCUT2D eigenvalue weighted by Gasteiger charge is -2.07. The highest BCUT2D eigenvalue weighted by Crippen LogP contribution is 2.26. The second-order valence-electron chi connectivity index (χ2n) is 3.23. The summed E-state index contributed by atoms with van der Waals surface area (Å²) in [7, 11) is 0.427. The van der Waals surface area contributed by atoms with E-state index in [1.165, 1.54) is 12.1 Å². The minimum Gasteiger partial charge on any atom is -0.535 e. The van der Waals surface area contributed by atoms with Gasteiger partial charge in [0.25, 0.3) is 0 Å². The molecule has 0 aliphatic carbocycles. The Hall–Kier alpha value is -2.01. The van der Waals surface area contributed by atoms with Crippen LogP contribution in [0.15, 0.2) is 48.5 Å². The molecule has 5 heteroatoms. The molecule has 85 valence electrons. The zero-order valence-electron chi connectivity index (χ0n) is 8.84. The molecule has 2 aromatic carbocycles. The van der Waals surface area contributed by atoms with Gasteiger partial charge in [-0.25, -0.2) is 4.39 Å². The maximum absolute atomic E-state index is 13.4. The number of hydrogen-bond acceptors (Lipinski definition) is 3. The van der Waals surface area contributed by atoms with E-state index in [2.05, 4.69) is 4.65 Å². The molecule has 0 bridgehead atoms. The van der Waals surface area contributed by atoms with E-state index in [0.29, 0.717) is 19.2 Å². The summed E-state index contributed by atoms with van der Waals surface area (Å²) in [6.07, 6.45) is 0. The number of halogens is 1. The van der Waals surface area contributed by atoms with Gasteiger partial charge >= 0.3 is 7.69 Å². The van der Waals surface area contributed by atoms with Crippen molar-refractivity contribution >= 4 is 7.69 Å². The van der Waals surface area contributed by atoms with E-state index >= 15 is 0 Å². The van der Waals surface area contributed by atoms with Crippen LogP contribution in [-0.2, 0) is 0 Å². The first kappa shape index (κ1) is 11.5. The first-order valence-electron chi connectivity index (χ1n) is 4.94. The van der Waals surface area contributed by atoms with Crippen molar-refractivity contribution in [3.05, 3.63) is 54.3 Å². The number of hydrogen-bond donors (Lipinski definition) is 1. The molecule has 0 spiro atoms. The lowest BCUT2D eigenvalue weighted by Crippen LogP contribution is -2.01. The highest BCUT2D eigenvalue weighted by molar-refractivity contribution is 6.17. The minimum absolute atomic E-state index is 0.0621. The summed E-state index contributed by atoms with van der Waals surface area (Å²) in [6.45, 7) is 0. The summed E-state index contributed by atoms with van der Waals surface area (Å²) in [5.74, 6) is 0.310. The molecule has 2 rings (SSSR count). The van der Waals surface area contributed by atoms with E-state index in [0.717, 1.165) is 0 Å². The van der Waals surface area contributed by atoms with Crippen molar-refractivity contribution < 1.29 is 18.8 Å². The van der Waals surface area contributed by atoms with Crippen LogP contribution in [0.5, 0.6) is 17.2 Å². The highest BCUT2D eigenvalue weighted by atomic mass is 19.1. The molecule has 0 aromatic heterocycles. The molecule has 3 nitrogen and oxygen atoms in total. The smallest absolute Gasteiger partial charge is 0.535 e. The molecule has 17 heavy (non-hydrogen) atoms. The van der Waals surface area contributed by atoms with E-state index in [1.54, 1.807) is 18.2 Å². The van der Waals surface area contributed by atoms with Gasteiger partial charge in [-0.2, -0.15) is 0 Å². The van der Waals surface area contributed by atoms with Gasteiger partial charge in [0.05, 0.1) is 0 Å². The Morgan fingerprint density at radius 1 is 1.00 bits per heavy atom. The van der Waals surface area contributed by atoms with Crippen molar-refractivity contribution in [2.24, 2.45) is 0 Å². The quantitative estimate of drug-likeness (QED) is 0.821. The Morgan fingerprint density at radius 2 is 1.76 bits per heavy atom. The molecule has 0 aliphatic heterocycles. The minimum atomic E-state index is -0.608. The van der Waals surface area contributed by atoms with E-state index in [4.69, 9.17) is 9.76 Å². The summed E-state index contributed by atoms with van der Waals surface area (Å²) in [5, 5.41) is 8.40. The summed E-state index contributed by atoms with van der Waals surface area (Å²) >= 11 is 0. The molecule has 0 saturated heterocycles. The van der Waals surface area contributed by atoms with Gasteiger partial charge in [-0.05, 0) is 24.3 Å². The van der Waals surface area contributed by atoms with Crippen molar-refractivity contribution in [2.75, 3.05) is 0 Å². The van der Waals surface area contributed by atoms with Gasteiger partial charge in [0.2, 0.25) is 0 Å². The van der Waals surface area contributed by atoms with Gasteiger partial charge in [-0.1, -0.05) is 18.2 Å². The van der Waals surface area contributed by atoms with Crippen LogP contribution in [0, 0.1) is 5.82 Å². The fraction of sp³-hybridized carbons (Fsp3) is 0. The first-order chi connectivity index (χ1) is 8.29. The molecule has 0 amide bonds. The SMILES string of the molecule is O[B]Oc1ccc(Oc2ccccc2)cc1F. The lowest BCUT2D eigenvalue weighted by atomic mass is 10.3. The summed E-state index contributed by atoms with van der Waals surface area (Å²) in [4.78, 5) is 0. The normalized spacial score (nSPS) is 9.76. The molecule has 0 aliphatic rings. The van der Waals surface area contributed by atoms with Gasteiger partial charge in [-0.3, -0.25) is 0 Å². The number of benzene rings is 2. The van der Waals surface area contributed by atoms with E-state index in [1.807, 2.05) is 18.2 Å². The predicted molar refractivity (Wildman–Crippen MR) is 61.5 cm³/mol. The molecule has 0 atom stereocenters. The molecule has 2 aromatic rings. The summed E-state index contributed by atoms with van der Waals surface area (Å²) in [6, 6.07) is 13.2. The second-order valence-corrected chi connectivity index (χ2v) is 3.23. The fourth-order valence-corrected chi connectivity index (χ4v) is 1.32. The van der Waals surface area contributed by atoms with Crippen LogP contribution in [0.4, 0.5) is 4.39 Å². The van der Waals surface area contributed by atoms with E-state index in [9.17, 15) is 4.39 Å². The average molecular weight is 231 g/mol. The van der Waals surface area contributed by atoms with Gasteiger partial charge in [0.15, 0.2) is 5.82 Å². The first-order valence-corrected chi connectivity index (χ1v) is 4.94. The van der Waals surface area contributed by atoms with Gasteiger partial charge < -0.3 is 14.4 Å². The third kappa shape index (κ3) is 2.98. The van der Waals surface area contributed by atoms with Crippen LogP contribution in [-0.4, -0.2) is 12.7 Å². The summed E-state index contributed by atoms with van der Waals surface area (Å²) < 4.78 is 23.4.